The third kappa shape index (κ3) is 66.3. The SMILES string of the molecule is CCC/C=C\C/C=C\CCCCCCCC(=O)OC(COC(=O)CCCCCCCCCCCCCCCCC)COP(=O)(O)OCC(O)COP(=O)(O)OCC(O)COC(=O)CCCCCCCCCCC/C=C\C/C=C\C/C=C\C/C=C\CCCCC. The molecule has 4 N–H and O–H groups in total. The van der Waals surface area contributed by atoms with Crippen LogP contribution in [0.5, 0.6) is 0 Å². The topological polar surface area (TPSA) is 231 Å². The van der Waals surface area contributed by atoms with Crippen LogP contribution in [0.4, 0.5) is 0 Å². The number of carbonyl (C=O) groups excluding carboxylic acids is 3. The lowest BCUT2D eigenvalue weighted by molar-refractivity contribution is -0.161. The number of aliphatic hydroxyl groups excluding tert-OH is 2. The molecule has 5 unspecified atom stereocenters. The predicted molar refractivity (Wildman–Crippen MR) is 362 cm³/mol. The summed E-state index contributed by atoms with van der Waals surface area (Å²) in [6.45, 7) is 2.58. The molecule has 0 aliphatic heterocycles. The molecule has 0 aromatic carbocycles. The highest BCUT2D eigenvalue weighted by molar-refractivity contribution is 7.47. The fourth-order valence-electron chi connectivity index (χ4n) is 9.47. The third-order valence-electron chi connectivity index (χ3n) is 14.9. The third-order valence-corrected chi connectivity index (χ3v) is 16.8. The number of hydrogen-bond donors (Lipinski definition) is 4. The maximum atomic E-state index is 12.9. The van der Waals surface area contributed by atoms with Crippen molar-refractivity contribution in [1.29, 1.82) is 0 Å². The molecule has 0 spiro atoms. The molecule has 0 aromatic heterocycles. The van der Waals surface area contributed by atoms with Gasteiger partial charge in [-0.05, 0) is 89.9 Å². The van der Waals surface area contributed by atoms with Gasteiger partial charge in [0.2, 0.25) is 0 Å². The van der Waals surface area contributed by atoms with E-state index < -0.39 is 91.5 Å². The second-order valence-corrected chi connectivity index (χ2v) is 26.6. The van der Waals surface area contributed by atoms with E-state index in [9.17, 15) is 43.5 Å². The summed E-state index contributed by atoms with van der Waals surface area (Å²) >= 11 is 0. The first kappa shape index (κ1) is 86.0. The minimum absolute atomic E-state index is 0.0917. The van der Waals surface area contributed by atoms with E-state index in [2.05, 4.69) is 93.7 Å². The highest BCUT2D eigenvalue weighted by Crippen LogP contribution is 2.45. The first-order chi connectivity index (χ1) is 43.2. The molecule has 18 heteroatoms. The summed E-state index contributed by atoms with van der Waals surface area (Å²) in [4.78, 5) is 58.3. The zero-order valence-corrected chi connectivity index (χ0v) is 57.9. The maximum absolute atomic E-state index is 12.9. The Morgan fingerprint density at radius 2 is 0.584 bits per heavy atom. The van der Waals surface area contributed by atoms with Crippen LogP contribution in [0.2, 0.25) is 0 Å². The molecule has 0 fully saturated rings. The van der Waals surface area contributed by atoms with Crippen molar-refractivity contribution in [1.82, 2.24) is 0 Å². The summed E-state index contributed by atoms with van der Waals surface area (Å²) in [5.74, 6) is -1.58. The first-order valence-corrected chi connectivity index (χ1v) is 38.2. The lowest BCUT2D eigenvalue weighted by Gasteiger charge is -2.21. The van der Waals surface area contributed by atoms with E-state index in [0.29, 0.717) is 19.3 Å². The van der Waals surface area contributed by atoms with Crippen molar-refractivity contribution in [3.05, 3.63) is 72.9 Å². The number of hydrogen-bond acceptors (Lipinski definition) is 14. The average Bonchev–Trinajstić information content (AvgIpc) is 3.68. The number of phosphoric ester groups is 2. The van der Waals surface area contributed by atoms with Crippen LogP contribution in [0, 0.1) is 0 Å². The van der Waals surface area contributed by atoms with Crippen molar-refractivity contribution in [2.45, 2.75) is 322 Å². The largest absolute Gasteiger partial charge is 0.472 e. The molecular weight excluding hydrogens is 1170 g/mol. The van der Waals surface area contributed by atoms with Crippen molar-refractivity contribution >= 4 is 33.6 Å². The zero-order chi connectivity index (χ0) is 65.3. The molecule has 5 atom stereocenters. The van der Waals surface area contributed by atoms with E-state index >= 15 is 0 Å². The van der Waals surface area contributed by atoms with Crippen molar-refractivity contribution in [2.24, 2.45) is 0 Å². The molecule has 0 saturated carbocycles. The van der Waals surface area contributed by atoms with Crippen LogP contribution < -0.4 is 0 Å². The normalized spacial score (nSPS) is 14.6. The van der Waals surface area contributed by atoms with Gasteiger partial charge >= 0.3 is 33.6 Å². The minimum atomic E-state index is -4.92. The molecule has 89 heavy (non-hydrogen) atoms. The van der Waals surface area contributed by atoms with Crippen LogP contribution in [0.15, 0.2) is 72.9 Å². The van der Waals surface area contributed by atoms with Crippen LogP contribution in [-0.4, -0.2) is 95.9 Å². The molecular formula is C71H128O16P2. The molecule has 0 heterocycles. The first-order valence-electron chi connectivity index (χ1n) is 35.2. The quantitative estimate of drug-likeness (QED) is 0.0146. The number of esters is 3. The van der Waals surface area contributed by atoms with Crippen molar-refractivity contribution in [3.8, 4) is 0 Å². The molecule has 0 amide bonds. The molecule has 0 saturated heterocycles. The molecule has 0 rings (SSSR count). The van der Waals surface area contributed by atoms with Crippen molar-refractivity contribution < 1.29 is 75.8 Å². The zero-order valence-electron chi connectivity index (χ0n) is 56.1. The number of rotatable bonds is 67. The van der Waals surface area contributed by atoms with E-state index in [4.69, 9.17) is 32.3 Å². The van der Waals surface area contributed by atoms with Gasteiger partial charge in [0.05, 0.1) is 26.4 Å². The van der Waals surface area contributed by atoms with E-state index in [1.807, 2.05) is 0 Å². The minimum Gasteiger partial charge on any atom is -0.463 e. The summed E-state index contributed by atoms with van der Waals surface area (Å²) < 4.78 is 60.9. The van der Waals surface area contributed by atoms with Gasteiger partial charge < -0.3 is 34.2 Å². The van der Waals surface area contributed by atoms with E-state index in [1.54, 1.807) is 0 Å². The summed E-state index contributed by atoms with van der Waals surface area (Å²) in [6, 6.07) is 0. The van der Waals surface area contributed by atoms with Gasteiger partial charge in [-0.3, -0.25) is 32.5 Å². The summed E-state index contributed by atoms with van der Waals surface area (Å²) in [6.07, 6.45) is 68.1. The smallest absolute Gasteiger partial charge is 0.463 e. The van der Waals surface area contributed by atoms with Gasteiger partial charge in [0, 0.05) is 19.3 Å². The molecule has 0 aliphatic carbocycles. The summed E-state index contributed by atoms with van der Waals surface area (Å²) in [7, 11) is -9.77. The maximum Gasteiger partial charge on any atom is 0.472 e. The van der Waals surface area contributed by atoms with Gasteiger partial charge in [-0.2, -0.15) is 0 Å². The second-order valence-electron chi connectivity index (χ2n) is 23.7. The standard InChI is InChI=1S/C71H128O16P2/c1-4-7-10-13-16-19-22-25-27-28-29-30-31-32-33-34-35-36-38-41-42-45-48-51-54-57-69(74)81-60-66(72)61-83-88(77,78)84-62-67(73)63-85-89(79,80)86-65-68(87-71(76)59-56-53-50-47-44-39-24-21-18-15-12-9-6-3)64-82-70(75)58-55-52-49-46-43-40-37-26-23-20-17-14-11-8-5-2/h12,15-16,19,21,24-25,27,29-30,32-33,66-68,72-73H,4-11,13-14,17-18,20,22-23,26,28,31,34-65H2,1-3H3,(H,77,78)(H,79,80)/b15-12-,19-16-,24-21-,27-25-,30-29-,33-32-. The predicted octanol–water partition coefficient (Wildman–Crippen LogP) is 19.5. The number of phosphoric acid groups is 2. The van der Waals surface area contributed by atoms with Crippen LogP contribution in [0.3, 0.4) is 0 Å². The Morgan fingerprint density at radius 3 is 0.955 bits per heavy atom. The number of carbonyl (C=O) groups is 3. The molecule has 0 radical (unpaired) electrons. The highest BCUT2D eigenvalue weighted by atomic mass is 31.2. The van der Waals surface area contributed by atoms with Crippen molar-refractivity contribution in [3.63, 3.8) is 0 Å². The van der Waals surface area contributed by atoms with Gasteiger partial charge in [-0.15, -0.1) is 0 Å². The number of unbranched alkanes of at least 4 members (excludes halogenated alkanes) is 32. The monoisotopic (exact) mass is 1300 g/mol. The van der Waals surface area contributed by atoms with E-state index in [-0.39, 0.29) is 19.3 Å². The average molecular weight is 1300 g/mol. The van der Waals surface area contributed by atoms with Crippen LogP contribution in [0.25, 0.3) is 0 Å². The van der Waals surface area contributed by atoms with Gasteiger partial charge in [0.1, 0.15) is 25.4 Å². The Hall–Kier alpha value is -3.01. The van der Waals surface area contributed by atoms with Crippen LogP contribution in [-0.2, 0) is 55.8 Å². The lowest BCUT2D eigenvalue weighted by Crippen LogP contribution is -2.30. The van der Waals surface area contributed by atoms with Crippen molar-refractivity contribution in [2.75, 3.05) is 39.6 Å². The van der Waals surface area contributed by atoms with E-state index in [0.717, 1.165) is 122 Å². The Morgan fingerprint density at radius 1 is 0.315 bits per heavy atom. The Balaban J connectivity index is 4.52. The van der Waals surface area contributed by atoms with Crippen LogP contribution in [0.1, 0.15) is 303 Å². The van der Waals surface area contributed by atoms with E-state index in [1.165, 1.54) is 122 Å². The fraction of sp³-hybridized carbons (Fsp3) is 0.789. The number of aliphatic hydroxyl groups is 2. The van der Waals surface area contributed by atoms with Gasteiger partial charge in [0.25, 0.3) is 0 Å². The summed E-state index contributed by atoms with van der Waals surface area (Å²) in [5.41, 5.74) is 0. The van der Waals surface area contributed by atoms with Gasteiger partial charge in [0.15, 0.2) is 6.10 Å². The molecule has 0 bridgehead atoms. The van der Waals surface area contributed by atoms with Crippen LogP contribution >= 0.6 is 15.6 Å². The molecule has 0 aromatic rings. The molecule has 0 aliphatic rings. The Bertz CT molecular complexity index is 1920. The Labute approximate surface area is 541 Å². The lowest BCUT2D eigenvalue weighted by atomic mass is 10.0. The highest BCUT2D eigenvalue weighted by Gasteiger charge is 2.29. The number of ether oxygens (including phenoxy) is 3. The molecule has 518 valence electrons. The molecule has 16 nitrogen and oxygen atoms in total. The van der Waals surface area contributed by atoms with Gasteiger partial charge in [-0.25, -0.2) is 9.13 Å². The Kier molecular flexibility index (Phi) is 62.9. The van der Waals surface area contributed by atoms with Gasteiger partial charge in [-0.1, -0.05) is 267 Å². The summed E-state index contributed by atoms with van der Waals surface area (Å²) in [5, 5.41) is 20.5. The second kappa shape index (κ2) is 65.1. The number of allylic oxidation sites excluding steroid dienone is 12. The fourth-order valence-corrected chi connectivity index (χ4v) is 11.1.